The summed E-state index contributed by atoms with van der Waals surface area (Å²) in [6.07, 6.45) is 1.74. The van der Waals surface area contributed by atoms with E-state index in [1.807, 2.05) is 35.2 Å². The van der Waals surface area contributed by atoms with E-state index in [2.05, 4.69) is 18.8 Å². The number of carbonyl (C=O) groups excluding carboxylic acids is 1. The number of hydrogen-bond donors (Lipinski definition) is 0. The van der Waals surface area contributed by atoms with Gasteiger partial charge in [0, 0.05) is 6.04 Å². The summed E-state index contributed by atoms with van der Waals surface area (Å²) in [6.45, 7) is 4.68. The van der Waals surface area contributed by atoms with Gasteiger partial charge in [-0.2, -0.15) is 0 Å². The van der Waals surface area contributed by atoms with Crippen molar-refractivity contribution in [2.45, 2.75) is 25.4 Å². The SMILES string of the molecule is COC(=O)C1(c2ccccc2)CN(C(C)C)C=N1. The van der Waals surface area contributed by atoms with Gasteiger partial charge >= 0.3 is 5.97 Å². The molecule has 18 heavy (non-hydrogen) atoms. The van der Waals surface area contributed by atoms with E-state index >= 15 is 0 Å². The summed E-state index contributed by atoms with van der Waals surface area (Å²) in [4.78, 5) is 18.6. The molecule has 0 N–H and O–H groups in total. The van der Waals surface area contributed by atoms with E-state index in [0.29, 0.717) is 12.6 Å². The minimum absolute atomic E-state index is 0.309. The van der Waals surface area contributed by atoms with E-state index in [9.17, 15) is 4.79 Å². The van der Waals surface area contributed by atoms with Gasteiger partial charge in [-0.3, -0.25) is 4.99 Å². The third-order valence-electron chi connectivity index (χ3n) is 3.28. The van der Waals surface area contributed by atoms with Crippen molar-refractivity contribution in [1.82, 2.24) is 4.90 Å². The third-order valence-corrected chi connectivity index (χ3v) is 3.28. The number of rotatable bonds is 3. The van der Waals surface area contributed by atoms with Crippen LogP contribution >= 0.6 is 0 Å². The Morgan fingerprint density at radius 3 is 2.56 bits per heavy atom. The van der Waals surface area contributed by atoms with Crippen LogP contribution in [-0.4, -0.2) is 36.9 Å². The van der Waals surface area contributed by atoms with Crippen LogP contribution in [0.3, 0.4) is 0 Å². The maximum absolute atomic E-state index is 12.1. The van der Waals surface area contributed by atoms with Crippen LogP contribution in [0.25, 0.3) is 0 Å². The maximum atomic E-state index is 12.1. The fourth-order valence-electron chi connectivity index (χ4n) is 2.12. The molecule has 1 atom stereocenters. The number of hydrogen-bond acceptors (Lipinski definition) is 4. The van der Waals surface area contributed by atoms with Crippen LogP contribution in [-0.2, 0) is 15.1 Å². The van der Waals surface area contributed by atoms with Crippen LogP contribution in [0.4, 0.5) is 0 Å². The largest absolute Gasteiger partial charge is 0.467 e. The van der Waals surface area contributed by atoms with Crippen molar-refractivity contribution in [1.29, 1.82) is 0 Å². The lowest BCUT2D eigenvalue weighted by molar-refractivity contribution is -0.147. The van der Waals surface area contributed by atoms with Crippen molar-refractivity contribution in [2.75, 3.05) is 13.7 Å². The molecule has 0 aromatic heterocycles. The Kier molecular flexibility index (Phi) is 3.36. The smallest absolute Gasteiger partial charge is 0.340 e. The van der Waals surface area contributed by atoms with Gasteiger partial charge in [-0.15, -0.1) is 0 Å². The van der Waals surface area contributed by atoms with Crippen LogP contribution in [0.5, 0.6) is 0 Å². The normalized spacial score (nSPS) is 22.6. The number of ether oxygens (including phenoxy) is 1. The van der Waals surface area contributed by atoms with Crippen molar-refractivity contribution in [3.8, 4) is 0 Å². The Balaban J connectivity index is 2.40. The molecule has 1 aromatic carbocycles. The predicted octanol–water partition coefficient (Wildman–Crippen LogP) is 1.81. The van der Waals surface area contributed by atoms with Crippen LogP contribution in [0, 0.1) is 0 Å². The Hall–Kier alpha value is -1.84. The Bertz CT molecular complexity index is 456. The summed E-state index contributed by atoms with van der Waals surface area (Å²) < 4.78 is 4.94. The summed E-state index contributed by atoms with van der Waals surface area (Å²) in [5.74, 6) is -0.312. The summed E-state index contributed by atoms with van der Waals surface area (Å²) in [6, 6.07) is 9.88. The van der Waals surface area contributed by atoms with Crippen molar-refractivity contribution >= 4 is 12.3 Å². The lowest BCUT2D eigenvalue weighted by Crippen LogP contribution is -2.42. The molecule has 0 radical (unpaired) electrons. The Morgan fingerprint density at radius 1 is 1.39 bits per heavy atom. The van der Waals surface area contributed by atoms with E-state index in [-0.39, 0.29) is 5.97 Å². The van der Waals surface area contributed by atoms with Crippen molar-refractivity contribution < 1.29 is 9.53 Å². The molecule has 4 nitrogen and oxygen atoms in total. The first-order valence-corrected chi connectivity index (χ1v) is 6.05. The van der Waals surface area contributed by atoms with E-state index < -0.39 is 5.54 Å². The van der Waals surface area contributed by atoms with Gasteiger partial charge in [-0.05, 0) is 19.4 Å². The Labute approximate surface area is 107 Å². The second kappa shape index (κ2) is 4.80. The second-order valence-electron chi connectivity index (χ2n) is 4.73. The molecule has 4 heteroatoms. The molecule has 1 heterocycles. The first-order chi connectivity index (χ1) is 8.60. The molecule has 0 bridgehead atoms. The standard InChI is InChI=1S/C14H18N2O2/c1-11(2)16-9-14(15-10-16,13(17)18-3)12-7-5-4-6-8-12/h4-8,10-11H,9H2,1-3H3. The summed E-state index contributed by atoms with van der Waals surface area (Å²) >= 11 is 0. The zero-order valence-electron chi connectivity index (χ0n) is 11.0. The van der Waals surface area contributed by atoms with Crippen LogP contribution < -0.4 is 0 Å². The zero-order chi connectivity index (χ0) is 13.2. The number of carbonyl (C=O) groups is 1. The van der Waals surface area contributed by atoms with Crippen LogP contribution in [0.15, 0.2) is 35.3 Å². The summed E-state index contributed by atoms with van der Waals surface area (Å²) in [5.41, 5.74) is -0.0449. The molecule has 0 aliphatic carbocycles. The third kappa shape index (κ3) is 1.98. The van der Waals surface area contributed by atoms with Gasteiger partial charge in [-0.25, -0.2) is 4.79 Å². The lowest BCUT2D eigenvalue weighted by atomic mass is 9.90. The molecule has 0 amide bonds. The highest BCUT2D eigenvalue weighted by Gasteiger charge is 2.45. The molecule has 2 rings (SSSR count). The fraction of sp³-hybridized carbons (Fsp3) is 0.429. The highest BCUT2D eigenvalue weighted by Crippen LogP contribution is 2.32. The molecular weight excluding hydrogens is 228 g/mol. The van der Waals surface area contributed by atoms with E-state index in [1.54, 1.807) is 6.34 Å². The number of esters is 1. The highest BCUT2D eigenvalue weighted by atomic mass is 16.5. The van der Waals surface area contributed by atoms with Gasteiger partial charge in [0.2, 0.25) is 5.54 Å². The highest BCUT2D eigenvalue weighted by molar-refractivity contribution is 5.87. The molecule has 0 spiro atoms. The zero-order valence-corrected chi connectivity index (χ0v) is 11.0. The van der Waals surface area contributed by atoms with Crippen molar-refractivity contribution in [3.63, 3.8) is 0 Å². The molecule has 1 aliphatic rings. The molecule has 1 unspecified atom stereocenters. The second-order valence-corrected chi connectivity index (χ2v) is 4.73. The number of aliphatic imine (C=N–C) groups is 1. The van der Waals surface area contributed by atoms with Crippen LogP contribution in [0.1, 0.15) is 19.4 Å². The van der Waals surface area contributed by atoms with Gasteiger partial charge in [0.1, 0.15) is 0 Å². The number of methoxy groups -OCH3 is 1. The molecule has 1 aromatic rings. The average molecular weight is 246 g/mol. The van der Waals surface area contributed by atoms with Gasteiger partial charge in [0.25, 0.3) is 0 Å². The number of benzene rings is 1. The van der Waals surface area contributed by atoms with Crippen molar-refractivity contribution in [3.05, 3.63) is 35.9 Å². The molecule has 1 aliphatic heterocycles. The first-order valence-electron chi connectivity index (χ1n) is 6.05. The molecule has 0 saturated carbocycles. The summed E-state index contributed by atoms with van der Waals surface area (Å²) in [5, 5.41) is 0. The van der Waals surface area contributed by atoms with Crippen LogP contribution in [0.2, 0.25) is 0 Å². The molecule has 0 fully saturated rings. The quantitative estimate of drug-likeness (QED) is 0.764. The first kappa shape index (κ1) is 12.6. The minimum atomic E-state index is -0.916. The topological polar surface area (TPSA) is 41.9 Å². The van der Waals surface area contributed by atoms with Gasteiger partial charge in [0.15, 0.2) is 0 Å². The van der Waals surface area contributed by atoms with Gasteiger partial charge in [-0.1, -0.05) is 30.3 Å². The number of nitrogens with zero attached hydrogens (tertiary/aromatic N) is 2. The monoisotopic (exact) mass is 246 g/mol. The predicted molar refractivity (Wildman–Crippen MR) is 70.5 cm³/mol. The van der Waals surface area contributed by atoms with E-state index in [1.165, 1.54) is 7.11 Å². The van der Waals surface area contributed by atoms with Crippen molar-refractivity contribution in [2.24, 2.45) is 4.99 Å². The molecule has 0 saturated heterocycles. The molecular formula is C14H18N2O2. The average Bonchev–Trinajstić information content (AvgIpc) is 2.85. The lowest BCUT2D eigenvalue weighted by Gasteiger charge is -2.27. The van der Waals surface area contributed by atoms with Gasteiger partial charge < -0.3 is 9.64 Å². The molecule has 96 valence electrons. The fourth-order valence-corrected chi connectivity index (χ4v) is 2.12. The van der Waals surface area contributed by atoms with E-state index in [0.717, 1.165) is 5.56 Å². The maximum Gasteiger partial charge on any atom is 0.340 e. The van der Waals surface area contributed by atoms with E-state index in [4.69, 9.17) is 4.74 Å². The minimum Gasteiger partial charge on any atom is -0.467 e. The summed E-state index contributed by atoms with van der Waals surface area (Å²) in [7, 11) is 1.40. The Morgan fingerprint density at radius 2 is 2.06 bits per heavy atom. The van der Waals surface area contributed by atoms with Gasteiger partial charge in [0.05, 0.1) is 20.0 Å².